The fourth-order valence-electron chi connectivity index (χ4n) is 2.23. The molecule has 21 heavy (non-hydrogen) atoms. The molecule has 1 N–H and O–H groups in total. The molecule has 0 aromatic heterocycles. The molecule has 0 aliphatic heterocycles. The van der Waals surface area contributed by atoms with Crippen LogP contribution in [0.4, 0.5) is 5.69 Å². The van der Waals surface area contributed by atoms with E-state index in [1.165, 1.54) is 22.4 Å². The molecule has 0 bridgehead atoms. The summed E-state index contributed by atoms with van der Waals surface area (Å²) < 4.78 is 5.88. The smallest absolute Gasteiger partial charge is 0.124 e. The maximum atomic E-state index is 5.88. The summed E-state index contributed by atoms with van der Waals surface area (Å²) in [5.74, 6) is 0.990. The van der Waals surface area contributed by atoms with Crippen LogP contribution in [0.3, 0.4) is 0 Å². The first-order valence-electron chi connectivity index (χ1n) is 7.72. The van der Waals surface area contributed by atoms with Gasteiger partial charge in [-0.3, -0.25) is 0 Å². The van der Waals surface area contributed by atoms with E-state index in [0.29, 0.717) is 0 Å². The molecule has 2 nitrogen and oxygen atoms in total. The molecule has 0 spiro atoms. The third kappa shape index (κ3) is 4.52. The van der Waals surface area contributed by atoms with Crippen molar-refractivity contribution in [3.8, 4) is 5.75 Å². The Bertz CT molecular complexity index is 578. The molecule has 2 heteroatoms. The molecule has 2 aromatic rings. The lowest BCUT2D eigenvalue weighted by Gasteiger charge is -2.14. The summed E-state index contributed by atoms with van der Waals surface area (Å²) >= 11 is 0. The van der Waals surface area contributed by atoms with Crippen LogP contribution in [0.15, 0.2) is 42.5 Å². The second-order valence-corrected chi connectivity index (χ2v) is 5.48. The summed E-state index contributed by atoms with van der Waals surface area (Å²) in [6.07, 6.45) is 2.25. The van der Waals surface area contributed by atoms with Gasteiger partial charge in [-0.05, 0) is 43.5 Å². The molecule has 0 heterocycles. The van der Waals surface area contributed by atoms with Crippen molar-refractivity contribution < 1.29 is 4.74 Å². The van der Waals surface area contributed by atoms with E-state index in [9.17, 15) is 0 Å². The molecule has 0 saturated carbocycles. The molecule has 2 rings (SSSR count). The molecule has 0 aliphatic carbocycles. The largest absolute Gasteiger partial charge is 0.493 e. The van der Waals surface area contributed by atoms with Crippen LogP contribution in [0.1, 0.15) is 36.5 Å². The fraction of sp³-hybridized carbons (Fsp3) is 0.368. The predicted molar refractivity (Wildman–Crippen MR) is 90.1 cm³/mol. The lowest BCUT2D eigenvalue weighted by molar-refractivity contribution is 0.306. The van der Waals surface area contributed by atoms with E-state index in [2.05, 4.69) is 62.5 Å². The van der Waals surface area contributed by atoms with E-state index in [1.807, 2.05) is 6.07 Å². The van der Waals surface area contributed by atoms with Crippen LogP contribution >= 0.6 is 0 Å². The molecule has 0 unspecified atom stereocenters. The first-order chi connectivity index (χ1) is 10.2. The Morgan fingerprint density at radius 2 is 1.86 bits per heavy atom. The maximum absolute atomic E-state index is 5.88. The van der Waals surface area contributed by atoms with Gasteiger partial charge in [0.15, 0.2) is 0 Å². The number of aryl methyl sites for hydroxylation is 2. The minimum Gasteiger partial charge on any atom is -0.493 e. The normalized spacial score (nSPS) is 10.4. The summed E-state index contributed by atoms with van der Waals surface area (Å²) in [4.78, 5) is 0. The highest BCUT2D eigenvalue weighted by atomic mass is 16.5. The van der Waals surface area contributed by atoms with Crippen LogP contribution < -0.4 is 10.1 Å². The summed E-state index contributed by atoms with van der Waals surface area (Å²) in [7, 11) is 0. The zero-order valence-corrected chi connectivity index (χ0v) is 13.3. The van der Waals surface area contributed by atoms with E-state index in [0.717, 1.165) is 31.7 Å². The zero-order chi connectivity index (χ0) is 15.1. The standard InChI is InChI=1S/C19H25NO/c1-4-5-12-21-19-9-7-6-8-17(19)14-20-18-13-15(2)10-11-16(18)3/h6-11,13,20H,4-5,12,14H2,1-3H3. The van der Waals surface area contributed by atoms with Crippen LogP contribution in [-0.2, 0) is 6.54 Å². The van der Waals surface area contributed by atoms with Gasteiger partial charge in [-0.25, -0.2) is 0 Å². The van der Waals surface area contributed by atoms with E-state index >= 15 is 0 Å². The topological polar surface area (TPSA) is 21.3 Å². The van der Waals surface area contributed by atoms with Crippen LogP contribution in [-0.4, -0.2) is 6.61 Å². The Hall–Kier alpha value is -1.96. The number of benzene rings is 2. The Labute approximate surface area is 128 Å². The number of ether oxygens (including phenoxy) is 1. The van der Waals surface area contributed by atoms with Gasteiger partial charge in [0, 0.05) is 17.8 Å². The third-order valence-electron chi connectivity index (χ3n) is 3.59. The van der Waals surface area contributed by atoms with Crippen LogP contribution in [0.25, 0.3) is 0 Å². The lowest BCUT2D eigenvalue weighted by Crippen LogP contribution is -2.05. The summed E-state index contributed by atoms with van der Waals surface area (Å²) in [6.45, 7) is 8.00. The van der Waals surface area contributed by atoms with E-state index < -0.39 is 0 Å². The maximum Gasteiger partial charge on any atom is 0.124 e. The SMILES string of the molecule is CCCCOc1ccccc1CNc1cc(C)ccc1C. The van der Waals surface area contributed by atoms with Crippen LogP contribution in [0.5, 0.6) is 5.75 Å². The third-order valence-corrected chi connectivity index (χ3v) is 3.59. The van der Waals surface area contributed by atoms with Crippen LogP contribution in [0.2, 0.25) is 0 Å². The Morgan fingerprint density at radius 1 is 1.05 bits per heavy atom. The minimum atomic E-state index is 0.784. The van der Waals surface area contributed by atoms with Gasteiger partial charge in [-0.1, -0.05) is 43.7 Å². The molecule has 0 amide bonds. The predicted octanol–water partition coefficient (Wildman–Crippen LogP) is 5.09. The van der Waals surface area contributed by atoms with Crippen molar-refractivity contribution in [1.29, 1.82) is 0 Å². The molecule has 0 radical (unpaired) electrons. The number of para-hydroxylation sites is 1. The van der Waals surface area contributed by atoms with Crippen molar-refractivity contribution in [1.82, 2.24) is 0 Å². The van der Waals surface area contributed by atoms with E-state index in [4.69, 9.17) is 4.74 Å². The monoisotopic (exact) mass is 283 g/mol. The number of unbranched alkanes of at least 4 members (excludes halogenated alkanes) is 1. The number of hydrogen-bond donors (Lipinski definition) is 1. The molecular formula is C19H25NO. The van der Waals surface area contributed by atoms with Gasteiger partial charge >= 0.3 is 0 Å². The highest BCUT2D eigenvalue weighted by molar-refractivity contribution is 5.53. The van der Waals surface area contributed by atoms with Crippen LogP contribution in [0, 0.1) is 13.8 Å². The van der Waals surface area contributed by atoms with Gasteiger partial charge in [0.25, 0.3) is 0 Å². The van der Waals surface area contributed by atoms with Gasteiger partial charge in [0.2, 0.25) is 0 Å². The van der Waals surface area contributed by atoms with Crippen molar-refractivity contribution in [2.24, 2.45) is 0 Å². The molecule has 0 atom stereocenters. The summed E-state index contributed by atoms with van der Waals surface area (Å²) in [6, 6.07) is 14.8. The molecule has 0 aliphatic rings. The zero-order valence-electron chi connectivity index (χ0n) is 13.3. The first kappa shape index (κ1) is 15.4. The Balaban J connectivity index is 2.04. The quantitative estimate of drug-likeness (QED) is 0.714. The van der Waals surface area contributed by atoms with Crippen molar-refractivity contribution in [2.75, 3.05) is 11.9 Å². The van der Waals surface area contributed by atoms with Gasteiger partial charge in [0.1, 0.15) is 5.75 Å². The molecule has 0 fully saturated rings. The highest BCUT2D eigenvalue weighted by Gasteiger charge is 2.04. The van der Waals surface area contributed by atoms with Gasteiger partial charge in [-0.15, -0.1) is 0 Å². The van der Waals surface area contributed by atoms with Gasteiger partial charge in [-0.2, -0.15) is 0 Å². The molecule has 0 saturated heterocycles. The summed E-state index contributed by atoms with van der Waals surface area (Å²) in [5.41, 5.74) is 4.94. The van der Waals surface area contributed by atoms with Gasteiger partial charge < -0.3 is 10.1 Å². The highest BCUT2D eigenvalue weighted by Crippen LogP contribution is 2.22. The van der Waals surface area contributed by atoms with E-state index in [1.54, 1.807) is 0 Å². The number of anilines is 1. The molecule has 2 aromatic carbocycles. The average Bonchev–Trinajstić information content (AvgIpc) is 2.49. The molecule has 112 valence electrons. The fourth-order valence-corrected chi connectivity index (χ4v) is 2.23. The Kier molecular flexibility index (Phi) is 5.68. The first-order valence-corrected chi connectivity index (χ1v) is 7.72. The molecular weight excluding hydrogens is 258 g/mol. The van der Waals surface area contributed by atoms with Gasteiger partial charge in [0.05, 0.1) is 6.61 Å². The summed E-state index contributed by atoms with van der Waals surface area (Å²) in [5, 5.41) is 3.52. The van der Waals surface area contributed by atoms with Crippen molar-refractivity contribution in [3.63, 3.8) is 0 Å². The minimum absolute atomic E-state index is 0.784. The van der Waals surface area contributed by atoms with E-state index in [-0.39, 0.29) is 0 Å². The number of hydrogen-bond acceptors (Lipinski definition) is 2. The second kappa shape index (κ2) is 7.72. The second-order valence-electron chi connectivity index (χ2n) is 5.48. The number of rotatable bonds is 7. The number of nitrogens with one attached hydrogen (secondary N) is 1. The van der Waals surface area contributed by atoms with Crippen molar-refractivity contribution in [2.45, 2.75) is 40.2 Å². The Morgan fingerprint density at radius 3 is 2.67 bits per heavy atom. The average molecular weight is 283 g/mol. The van der Waals surface area contributed by atoms with Crippen molar-refractivity contribution in [3.05, 3.63) is 59.2 Å². The van der Waals surface area contributed by atoms with Crippen molar-refractivity contribution >= 4 is 5.69 Å². The lowest BCUT2D eigenvalue weighted by atomic mass is 10.1.